The van der Waals surface area contributed by atoms with Crippen LogP contribution in [0.25, 0.3) is 10.9 Å². The first-order valence-corrected chi connectivity index (χ1v) is 9.35. The Bertz CT molecular complexity index is 921. The monoisotopic (exact) mass is 348 g/mol. The molecule has 3 aromatic rings. The van der Waals surface area contributed by atoms with Crippen molar-refractivity contribution >= 4 is 16.6 Å². The lowest BCUT2D eigenvalue weighted by Crippen LogP contribution is -2.44. The van der Waals surface area contributed by atoms with Gasteiger partial charge in [-0.15, -0.1) is 0 Å². The molecule has 2 bridgehead atoms. The molecule has 2 aliphatic rings. The van der Waals surface area contributed by atoms with E-state index in [0.717, 1.165) is 29.1 Å². The third-order valence-electron chi connectivity index (χ3n) is 5.90. The highest BCUT2D eigenvalue weighted by molar-refractivity contribution is 5.81. The van der Waals surface area contributed by atoms with Crippen LogP contribution in [0.15, 0.2) is 48.7 Å². The van der Waals surface area contributed by atoms with Crippen molar-refractivity contribution in [2.75, 3.05) is 19.0 Å². The standard InChI is InChI=1S/C21H24N4O/c1-26-18-4-2-3-14(7-18)12-25-13-15-8-20(21(25)9-15)23-17-5-6-19-16(10-17)11-22-24-19/h2-7,10-11,15,20-21,23H,8-9,12-13H2,1H3,(H,22,24)/t15-,20-,21-/m1/s1. The van der Waals surface area contributed by atoms with Gasteiger partial charge in [0.25, 0.3) is 0 Å². The lowest BCUT2D eigenvalue weighted by atomic mass is 10.0. The first-order valence-electron chi connectivity index (χ1n) is 9.35. The summed E-state index contributed by atoms with van der Waals surface area (Å²) in [5.74, 6) is 1.75. The molecular formula is C21H24N4O. The van der Waals surface area contributed by atoms with Gasteiger partial charge in [-0.2, -0.15) is 5.10 Å². The molecule has 1 aliphatic heterocycles. The number of methoxy groups -OCH3 is 1. The molecule has 1 aromatic heterocycles. The first-order chi connectivity index (χ1) is 12.8. The fourth-order valence-electron chi connectivity index (χ4n) is 4.73. The zero-order valence-electron chi connectivity index (χ0n) is 15.0. The number of benzene rings is 2. The normalized spacial score (nSPS) is 25.0. The Morgan fingerprint density at radius 3 is 3.08 bits per heavy atom. The van der Waals surface area contributed by atoms with Crippen molar-refractivity contribution in [3.8, 4) is 5.75 Å². The maximum absolute atomic E-state index is 5.37. The number of rotatable bonds is 5. The van der Waals surface area contributed by atoms with Crippen molar-refractivity contribution in [2.45, 2.75) is 31.5 Å². The van der Waals surface area contributed by atoms with Crippen molar-refractivity contribution < 1.29 is 4.74 Å². The quantitative estimate of drug-likeness (QED) is 0.739. The Labute approximate surface area is 153 Å². The summed E-state index contributed by atoms with van der Waals surface area (Å²) in [6.07, 6.45) is 4.45. The highest BCUT2D eigenvalue weighted by atomic mass is 16.5. The van der Waals surface area contributed by atoms with E-state index in [1.165, 1.54) is 30.6 Å². The summed E-state index contributed by atoms with van der Waals surface area (Å²) in [6.45, 7) is 2.21. The highest BCUT2D eigenvalue weighted by Crippen LogP contribution is 2.40. The van der Waals surface area contributed by atoms with E-state index in [2.05, 4.69) is 56.8 Å². The second-order valence-electron chi connectivity index (χ2n) is 7.61. The zero-order chi connectivity index (χ0) is 17.5. The minimum atomic E-state index is 0.517. The molecule has 134 valence electrons. The van der Waals surface area contributed by atoms with Crippen LogP contribution in [0.2, 0.25) is 0 Å². The Hall–Kier alpha value is -2.53. The zero-order valence-corrected chi connectivity index (χ0v) is 15.0. The second-order valence-corrected chi connectivity index (χ2v) is 7.61. The first kappa shape index (κ1) is 15.7. The number of aromatic amines is 1. The number of hydrogen-bond donors (Lipinski definition) is 2. The third-order valence-corrected chi connectivity index (χ3v) is 5.90. The molecule has 0 unspecified atom stereocenters. The number of piperidine rings is 1. The summed E-state index contributed by atoms with van der Waals surface area (Å²) in [4.78, 5) is 2.64. The van der Waals surface area contributed by atoms with Crippen LogP contribution in [0.3, 0.4) is 0 Å². The van der Waals surface area contributed by atoms with Gasteiger partial charge >= 0.3 is 0 Å². The summed E-state index contributed by atoms with van der Waals surface area (Å²) >= 11 is 0. The molecule has 0 radical (unpaired) electrons. The molecule has 0 spiro atoms. The van der Waals surface area contributed by atoms with E-state index < -0.39 is 0 Å². The van der Waals surface area contributed by atoms with E-state index in [0.29, 0.717) is 12.1 Å². The Morgan fingerprint density at radius 1 is 1.23 bits per heavy atom. The molecule has 2 fully saturated rings. The number of nitrogens with one attached hydrogen (secondary N) is 2. The van der Waals surface area contributed by atoms with E-state index in [4.69, 9.17) is 4.74 Å². The average Bonchev–Trinajstić information content (AvgIpc) is 3.37. The molecule has 2 N–H and O–H groups in total. The Kier molecular flexibility index (Phi) is 3.82. The number of hydrogen-bond acceptors (Lipinski definition) is 4. The molecule has 5 nitrogen and oxygen atoms in total. The molecule has 2 aromatic carbocycles. The second kappa shape index (κ2) is 6.32. The van der Waals surface area contributed by atoms with Crippen molar-refractivity contribution in [1.82, 2.24) is 15.1 Å². The lowest BCUT2D eigenvalue weighted by molar-refractivity contribution is 0.192. The topological polar surface area (TPSA) is 53.2 Å². The smallest absolute Gasteiger partial charge is 0.119 e. The summed E-state index contributed by atoms with van der Waals surface area (Å²) in [5.41, 5.74) is 3.61. The van der Waals surface area contributed by atoms with Gasteiger partial charge in [-0.1, -0.05) is 12.1 Å². The molecule has 1 aliphatic carbocycles. The van der Waals surface area contributed by atoms with Crippen LogP contribution in [0.5, 0.6) is 5.75 Å². The molecule has 3 atom stereocenters. The van der Waals surface area contributed by atoms with E-state index in [1.54, 1.807) is 7.11 Å². The van der Waals surface area contributed by atoms with E-state index in [-0.39, 0.29) is 0 Å². The minimum absolute atomic E-state index is 0.517. The molecular weight excluding hydrogens is 324 g/mol. The maximum atomic E-state index is 5.37. The van der Waals surface area contributed by atoms with Crippen LogP contribution < -0.4 is 10.1 Å². The molecule has 5 heteroatoms. The number of ether oxygens (including phenoxy) is 1. The number of H-pyrrole nitrogens is 1. The molecule has 1 saturated carbocycles. The number of nitrogens with zero attached hydrogens (tertiary/aromatic N) is 2. The number of likely N-dealkylation sites (tertiary alicyclic amines) is 1. The van der Waals surface area contributed by atoms with Crippen LogP contribution in [0.4, 0.5) is 5.69 Å². The highest BCUT2D eigenvalue weighted by Gasteiger charge is 2.44. The molecule has 2 heterocycles. The summed E-state index contributed by atoms with van der Waals surface area (Å²) in [6, 6.07) is 16.0. The predicted octanol–water partition coefficient (Wildman–Crippen LogP) is 3.65. The molecule has 1 saturated heterocycles. The fraction of sp³-hybridized carbons (Fsp3) is 0.381. The minimum Gasteiger partial charge on any atom is -0.497 e. The van der Waals surface area contributed by atoms with Gasteiger partial charge in [0.1, 0.15) is 5.75 Å². The van der Waals surface area contributed by atoms with Crippen molar-refractivity contribution in [1.29, 1.82) is 0 Å². The fourth-order valence-corrected chi connectivity index (χ4v) is 4.73. The SMILES string of the molecule is COc1cccc(CN2C[C@H]3C[C@@H]2[C@H](Nc2ccc4[nH]ncc4c2)C3)c1. The van der Waals surface area contributed by atoms with E-state index in [9.17, 15) is 0 Å². The summed E-state index contributed by atoms with van der Waals surface area (Å²) in [5, 5.41) is 12.1. The molecule has 0 amide bonds. The number of anilines is 1. The van der Waals surface area contributed by atoms with Gasteiger partial charge in [0.2, 0.25) is 0 Å². The van der Waals surface area contributed by atoms with Gasteiger partial charge in [0.15, 0.2) is 0 Å². The number of aromatic nitrogens is 2. The van der Waals surface area contributed by atoms with Crippen molar-refractivity contribution in [2.24, 2.45) is 5.92 Å². The number of fused-ring (bicyclic) bond motifs is 3. The average molecular weight is 348 g/mol. The van der Waals surface area contributed by atoms with E-state index >= 15 is 0 Å². The predicted molar refractivity (Wildman–Crippen MR) is 103 cm³/mol. The summed E-state index contributed by atoms with van der Waals surface area (Å²) in [7, 11) is 1.73. The van der Waals surface area contributed by atoms with Crippen LogP contribution in [-0.2, 0) is 6.54 Å². The lowest BCUT2D eigenvalue weighted by Gasteiger charge is -2.34. The van der Waals surface area contributed by atoms with Crippen LogP contribution in [0, 0.1) is 5.92 Å². The van der Waals surface area contributed by atoms with Gasteiger partial charge < -0.3 is 10.1 Å². The van der Waals surface area contributed by atoms with Gasteiger partial charge in [-0.25, -0.2) is 0 Å². The van der Waals surface area contributed by atoms with Gasteiger partial charge in [0.05, 0.1) is 18.8 Å². The van der Waals surface area contributed by atoms with Crippen LogP contribution in [-0.4, -0.2) is 40.8 Å². The summed E-state index contributed by atoms with van der Waals surface area (Å²) < 4.78 is 5.37. The van der Waals surface area contributed by atoms with Crippen molar-refractivity contribution in [3.63, 3.8) is 0 Å². The van der Waals surface area contributed by atoms with Gasteiger partial charge in [0, 0.05) is 36.2 Å². The third kappa shape index (κ3) is 2.82. The molecule has 26 heavy (non-hydrogen) atoms. The molecule has 5 rings (SSSR count). The van der Waals surface area contributed by atoms with Gasteiger partial charge in [-0.05, 0) is 54.7 Å². The maximum Gasteiger partial charge on any atom is 0.119 e. The van der Waals surface area contributed by atoms with Gasteiger partial charge in [-0.3, -0.25) is 10.00 Å². The Morgan fingerprint density at radius 2 is 2.19 bits per heavy atom. The Balaban J connectivity index is 1.30. The van der Waals surface area contributed by atoms with Crippen LogP contribution >= 0.6 is 0 Å². The van der Waals surface area contributed by atoms with Crippen molar-refractivity contribution in [3.05, 3.63) is 54.2 Å². The van der Waals surface area contributed by atoms with E-state index in [1.807, 2.05) is 12.3 Å². The largest absolute Gasteiger partial charge is 0.497 e. The van der Waals surface area contributed by atoms with Crippen LogP contribution in [0.1, 0.15) is 18.4 Å².